The average molecular weight is 253 g/mol. The molecule has 0 heterocycles. The molecule has 2 aromatic carbocycles. The maximum Gasteiger partial charge on any atom is 0.220 e. The molecule has 0 aromatic heterocycles. The number of hydrogen-bond donors (Lipinski definition) is 1. The van der Waals surface area contributed by atoms with Gasteiger partial charge in [0.15, 0.2) is 0 Å². The molecule has 19 heavy (non-hydrogen) atoms. The number of carbonyl (C=O) groups is 1. The third kappa shape index (κ3) is 3.22. The van der Waals surface area contributed by atoms with E-state index >= 15 is 0 Å². The van der Waals surface area contributed by atoms with Crippen LogP contribution in [-0.2, 0) is 4.79 Å². The van der Waals surface area contributed by atoms with Gasteiger partial charge in [-0.25, -0.2) is 0 Å². The van der Waals surface area contributed by atoms with Gasteiger partial charge in [-0.1, -0.05) is 61.5 Å². The summed E-state index contributed by atoms with van der Waals surface area (Å²) in [7, 11) is 0. The molecule has 0 saturated heterocycles. The lowest BCUT2D eigenvalue weighted by atomic mass is 9.95. The van der Waals surface area contributed by atoms with E-state index in [1.165, 1.54) is 5.56 Å². The lowest BCUT2D eigenvalue weighted by Crippen LogP contribution is -2.29. The van der Waals surface area contributed by atoms with Gasteiger partial charge in [-0.2, -0.15) is 0 Å². The molecule has 0 radical (unpaired) electrons. The van der Waals surface area contributed by atoms with Crippen LogP contribution in [0.5, 0.6) is 0 Å². The summed E-state index contributed by atoms with van der Waals surface area (Å²) in [6.07, 6.45) is 0.495. The zero-order valence-electron chi connectivity index (χ0n) is 11.4. The maximum absolute atomic E-state index is 11.8. The first kappa shape index (κ1) is 13.3. The highest BCUT2D eigenvalue weighted by molar-refractivity contribution is 5.76. The van der Waals surface area contributed by atoms with E-state index in [0.717, 1.165) is 11.1 Å². The predicted molar refractivity (Wildman–Crippen MR) is 77.9 cm³/mol. The summed E-state index contributed by atoms with van der Waals surface area (Å²) in [5.41, 5.74) is 3.45. The van der Waals surface area contributed by atoms with Crippen LogP contribution in [0.15, 0.2) is 54.6 Å². The summed E-state index contributed by atoms with van der Waals surface area (Å²) in [6, 6.07) is 18.2. The van der Waals surface area contributed by atoms with Crippen LogP contribution in [0.4, 0.5) is 0 Å². The van der Waals surface area contributed by atoms with Crippen molar-refractivity contribution in [3.05, 3.63) is 71.3 Å². The summed E-state index contributed by atoms with van der Waals surface area (Å²) < 4.78 is 0. The molecule has 2 heteroatoms. The molecule has 0 bridgehead atoms. The van der Waals surface area contributed by atoms with Crippen LogP contribution in [0.3, 0.4) is 0 Å². The Morgan fingerprint density at radius 2 is 1.68 bits per heavy atom. The van der Waals surface area contributed by atoms with Gasteiger partial charge in [-0.3, -0.25) is 4.79 Å². The fraction of sp³-hybridized carbons (Fsp3) is 0.235. The first-order valence-electron chi connectivity index (χ1n) is 6.62. The minimum Gasteiger partial charge on any atom is -0.345 e. The van der Waals surface area contributed by atoms with Gasteiger partial charge < -0.3 is 5.32 Å². The Kier molecular flexibility index (Phi) is 4.35. The van der Waals surface area contributed by atoms with Crippen molar-refractivity contribution in [1.82, 2.24) is 5.32 Å². The molecule has 0 aliphatic heterocycles. The molecule has 1 N–H and O–H groups in total. The largest absolute Gasteiger partial charge is 0.345 e. The van der Waals surface area contributed by atoms with Crippen LogP contribution in [0.2, 0.25) is 0 Å². The molecule has 0 aliphatic carbocycles. The van der Waals surface area contributed by atoms with Crippen LogP contribution in [-0.4, -0.2) is 5.91 Å². The lowest BCUT2D eigenvalue weighted by Gasteiger charge is -2.21. The van der Waals surface area contributed by atoms with Gasteiger partial charge in [-0.05, 0) is 23.6 Å². The fourth-order valence-electron chi connectivity index (χ4n) is 2.16. The molecule has 2 aromatic rings. The third-order valence-electron chi connectivity index (χ3n) is 3.26. The smallest absolute Gasteiger partial charge is 0.220 e. The SMILES string of the molecule is CCC(=O)N[C@@H](c1ccccc1)c1ccccc1C. The number of hydrogen-bond acceptors (Lipinski definition) is 1. The van der Waals surface area contributed by atoms with Crippen LogP contribution in [0.25, 0.3) is 0 Å². The van der Waals surface area contributed by atoms with Gasteiger partial charge in [0.05, 0.1) is 6.04 Å². The quantitative estimate of drug-likeness (QED) is 0.886. The number of carbonyl (C=O) groups excluding carboxylic acids is 1. The second-order valence-electron chi connectivity index (χ2n) is 4.62. The first-order chi connectivity index (χ1) is 9.22. The third-order valence-corrected chi connectivity index (χ3v) is 3.26. The van der Waals surface area contributed by atoms with Crippen LogP contribution in [0, 0.1) is 6.92 Å². The van der Waals surface area contributed by atoms with Gasteiger partial charge in [0.1, 0.15) is 0 Å². The lowest BCUT2D eigenvalue weighted by molar-refractivity contribution is -0.121. The van der Waals surface area contributed by atoms with E-state index in [0.29, 0.717) is 6.42 Å². The molecule has 0 spiro atoms. The van der Waals surface area contributed by atoms with E-state index in [2.05, 4.69) is 24.4 Å². The number of rotatable bonds is 4. The van der Waals surface area contributed by atoms with Crippen molar-refractivity contribution in [2.24, 2.45) is 0 Å². The van der Waals surface area contributed by atoms with E-state index in [4.69, 9.17) is 0 Å². The standard InChI is InChI=1S/C17H19NO/c1-3-16(19)18-17(14-10-5-4-6-11-14)15-12-8-7-9-13(15)2/h4-12,17H,3H2,1-2H3,(H,18,19)/t17-/m0/s1. The van der Waals surface area contributed by atoms with Crippen molar-refractivity contribution in [3.8, 4) is 0 Å². The zero-order valence-corrected chi connectivity index (χ0v) is 11.4. The van der Waals surface area contributed by atoms with Crippen molar-refractivity contribution in [2.45, 2.75) is 26.3 Å². The number of nitrogens with one attached hydrogen (secondary N) is 1. The van der Waals surface area contributed by atoms with E-state index in [1.54, 1.807) is 0 Å². The zero-order chi connectivity index (χ0) is 13.7. The maximum atomic E-state index is 11.8. The highest BCUT2D eigenvalue weighted by Crippen LogP contribution is 2.24. The highest BCUT2D eigenvalue weighted by atomic mass is 16.1. The second kappa shape index (κ2) is 6.19. The van der Waals surface area contributed by atoms with Gasteiger partial charge in [0.2, 0.25) is 5.91 Å². The predicted octanol–water partition coefficient (Wildman–Crippen LogP) is 3.61. The van der Waals surface area contributed by atoms with Crippen LogP contribution < -0.4 is 5.32 Å². The Morgan fingerprint density at radius 3 is 2.32 bits per heavy atom. The van der Waals surface area contributed by atoms with Crippen molar-refractivity contribution < 1.29 is 4.79 Å². The molecule has 2 nitrogen and oxygen atoms in total. The Hall–Kier alpha value is -2.09. The molecule has 0 unspecified atom stereocenters. The molecule has 0 fully saturated rings. The van der Waals surface area contributed by atoms with Gasteiger partial charge >= 0.3 is 0 Å². The van der Waals surface area contributed by atoms with Crippen LogP contribution >= 0.6 is 0 Å². The van der Waals surface area contributed by atoms with Crippen molar-refractivity contribution >= 4 is 5.91 Å². The molecule has 0 aliphatic rings. The van der Waals surface area contributed by atoms with Crippen molar-refractivity contribution in [2.75, 3.05) is 0 Å². The second-order valence-corrected chi connectivity index (χ2v) is 4.62. The molecule has 1 amide bonds. The summed E-state index contributed by atoms with van der Waals surface area (Å²) in [4.78, 5) is 11.8. The Morgan fingerprint density at radius 1 is 1.05 bits per heavy atom. The van der Waals surface area contributed by atoms with E-state index in [9.17, 15) is 4.79 Å². The topological polar surface area (TPSA) is 29.1 Å². The van der Waals surface area contributed by atoms with E-state index in [-0.39, 0.29) is 11.9 Å². The van der Waals surface area contributed by atoms with E-state index in [1.807, 2.05) is 49.4 Å². The molecule has 2 rings (SSSR count). The average Bonchev–Trinajstić information content (AvgIpc) is 2.46. The number of aryl methyl sites for hydroxylation is 1. The molecular formula is C17H19NO. The normalized spacial score (nSPS) is 11.9. The summed E-state index contributed by atoms with van der Waals surface area (Å²) in [6.45, 7) is 3.94. The number of benzene rings is 2. The van der Waals surface area contributed by atoms with Crippen molar-refractivity contribution in [1.29, 1.82) is 0 Å². The Labute approximate surface area is 114 Å². The molecule has 1 atom stereocenters. The summed E-state index contributed by atoms with van der Waals surface area (Å²) >= 11 is 0. The summed E-state index contributed by atoms with van der Waals surface area (Å²) in [5, 5.41) is 3.10. The minimum atomic E-state index is -0.0742. The Bertz CT molecular complexity index is 548. The fourth-order valence-corrected chi connectivity index (χ4v) is 2.16. The number of amides is 1. The van der Waals surface area contributed by atoms with Gasteiger partial charge in [0.25, 0.3) is 0 Å². The first-order valence-corrected chi connectivity index (χ1v) is 6.62. The summed E-state index contributed by atoms with van der Waals surface area (Å²) in [5.74, 6) is 0.0668. The molecular weight excluding hydrogens is 234 g/mol. The monoisotopic (exact) mass is 253 g/mol. The van der Waals surface area contributed by atoms with Crippen molar-refractivity contribution in [3.63, 3.8) is 0 Å². The van der Waals surface area contributed by atoms with Gasteiger partial charge in [-0.15, -0.1) is 0 Å². The molecule has 0 saturated carbocycles. The van der Waals surface area contributed by atoms with Crippen LogP contribution in [0.1, 0.15) is 36.1 Å². The van der Waals surface area contributed by atoms with Gasteiger partial charge in [0, 0.05) is 6.42 Å². The molecule has 98 valence electrons. The minimum absolute atomic E-state index is 0.0668. The Balaban J connectivity index is 2.40. The van der Waals surface area contributed by atoms with E-state index < -0.39 is 0 Å². The highest BCUT2D eigenvalue weighted by Gasteiger charge is 2.17.